The van der Waals surface area contributed by atoms with Crippen molar-refractivity contribution in [2.45, 2.75) is 0 Å². The van der Waals surface area contributed by atoms with Gasteiger partial charge in [-0.2, -0.15) is 0 Å². The number of nitrogens with zero attached hydrogens (tertiary/aromatic N) is 1. The third-order valence-corrected chi connectivity index (χ3v) is 2.53. The van der Waals surface area contributed by atoms with Crippen LogP contribution in [0.2, 0.25) is 0 Å². The van der Waals surface area contributed by atoms with Crippen molar-refractivity contribution < 1.29 is 9.90 Å². The van der Waals surface area contributed by atoms with Gasteiger partial charge in [-0.25, -0.2) is 9.78 Å². The van der Waals surface area contributed by atoms with Crippen molar-refractivity contribution in [3.63, 3.8) is 0 Å². The second-order valence-corrected chi connectivity index (χ2v) is 4.16. The van der Waals surface area contributed by atoms with Crippen LogP contribution in [-0.2, 0) is 4.79 Å². The molecular weight excluding hydrogens is 230 g/mol. The normalized spacial score (nSPS) is 9.55. The van der Waals surface area contributed by atoms with E-state index >= 15 is 0 Å². The van der Waals surface area contributed by atoms with Gasteiger partial charge >= 0.3 is 5.97 Å². The van der Waals surface area contributed by atoms with Crippen LogP contribution >= 0.6 is 27.3 Å². The van der Waals surface area contributed by atoms with Gasteiger partial charge in [-0.05, 0) is 15.9 Å². The molecule has 0 aromatic carbocycles. The van der Waals surface area contributed by atoms with Crippen LogP contribution in [0.4, 0.5) is 0 Å². The summed E-state index contributed by atoms with van der Waals surface area (Å²) < 4.78 is 0.801. The molecule has 0 aliphatic carbocycles. The van der Waals surface area contributed by atoms with E-state index in [0.717, 1.165) is 3.79 Å². The first-order chi connectivity index (χ1) is 5.11. The fourth-order valence-corrected chi connectivity index (χ4v) is 1.65. The number of aliphatic carboxylic acids is 1. The smallest absolute Gasteiger partial charge is 0.338 e. The van der Waals surface area contributed by atoms with Gasteiger partial charge in [-0.1, -0.05) is 6.58 Å². The van der Waals surface area contributed by atoms with Crippen molar-refractivity contribution in [2.75, 3.05) is 0 Å². The Morgan fingerprint density at radius 3 is 2.82 bits per heavy atom. The van der Waals surface area contributed by atoms with E-state index in [4.69, 9.17) is 5.11 Å². The molecule has 0 atom stereocenters. The summed E-state index contributed by atoms with van der Waals surface area (Å²) in [6.45, 7) is 3.37. The van der Waals surface area contributed by atoms with Crippen LogP contribution in [-0.4, -0.2) is 16.1 Å². The summed E-state index contributed by atoms with van der Waals surface area (Å²) >= 11 is 4.42. The summed E-state index contributed by atoms with van der Waals surface area (Å²) in [6, 6.07) is 0. The molecule has 1 aromatic heterocycles. The molecule has 3 nitrogen and oxygen atoms in total. The second kappa shape index (κ2) is 3.15. The Labute approximate surface area is 75.5 Å². The van der Waals surface area contributed by atoms with E-state index in [0.29, 0.717) is 5.01 Å². The zero-order valence-corrected chi connectivity index (χ0v) is 7.78. The van der Waals surface area contributed by atoms with Crippen LogP contribution in [0, 0.1) is 0 Å². The number of rotatable bonds is 2. The molecule has 0 amide bonds. The first-order valence-electron chi connectivity index (χ1n) is 2.65. The molecule has 0 spiro atoms. The summed E-state index contributed by atoms with van der Waals surface area (Å²) in [5.74, 6) is -1.04. The van der Waals surface area contributed by atoms with E-state index in [-0.39, 0.29) is 5.57 Å². The first-order valence-corrected chi connectivity index (χ1v) is 4.26. The van der Waals surface area contributed by atoms with Gasteiger partial charge in [0.2, 0.25) is 0 Å². The van der Waals surface area contributed by atoms with Crippen LogP contribution < -0.4 is 0 Å². The molecule has 1 heterocycles. The number of hydrogen-bond acceptors (Lipinski definition) is 3. The predicted octanol–water partition coefficient (Wildman–Crippen LogP) is 2.00. The summed E-state index contributed by atoms with van der Waals surface area (Å²) in [6.07, 6.45) is 1.55. The highest BCUT2D eigenvalue weighted by Gasteiger charge is 2.10. The molecule has 0 aliphatic heterocycles. The molecule has 0 saturated heterocycles. The number of carboxylic acids is 1. The third-order valence-electron chi connectivity index (χ3n) is 0.994. The first kappa shape index (κ1) is 8.42. The van der Waals surface area contributed by atoms with Crippen molar-refractivity contribution in [1.29, 1.82) is 0 Å². The van der Waals surface area contributed by atoms with Gasteiger partial charge in [0.1, 0.15) is 5.01 Å². The van der Waals surface area contributed by atoms with Crippen molar-refractivity contribution in [2.24, 2.45) is 0 Å². The monoisotopic (exact) mass is 233 g/mol. The Hall–Kier alpha value is -0.680. The van der Waals surface area contributed by atoms with Crippen LogP contribution in [0.3, 0.4) is 0 Å². The van der Waals surface area contributed by atoms with Crippen molar-refractivity contribution in [3.05, 3.63) is 21.6 Å². The lowest BCUT2D eigenvalue weighted by Crippen LogP contribution is -1.96. The van der Waals surface area contributed by atoms with E-state index in [1.807, 2.05) is 0 Å². The second-order valence-electron chi connectivity index (χ2n) is 1.75. The molecule has 0 fully saturated rings. The Balaban J connectivity index is 2.94. The summed E-state index contributed by atoms with van der Waals surface area (Å²) in [5, 5.41) is 8.93. The van der Waals surface area contributed by atoms with Crippen molar-refractivity contribution in [3.8, 4) is 0 Å². The predicted molar refractivity (Wildman–Crippen MR) is 46.5 cm³/mol. The van der Waals surface area contributed by atoms with Gasteiger partial charge in [0.05, 0.1) is 15.6 Å². The van der Waals surface area contributed by atoms with E-state index in [1.165, 1.54) is 11.3 Å². The molecule has 0 aliphatic rings. The molecule has 0 bridgehead atoms. The van der Waals surface area contributed by atoms with Crippen molar-refractivity contribution >= 4 is 38.8 Å². The maximum atomic E-state index is 10.4. The quantitative estimate of drug-likeness (QED) is 0.796. The fourth-order valence-electron chi connectivity index (χ4n) is 0.485. The molecule has 11 heavy (non-hydrogen) atoms. The Morgan fingerprint density at radius 2 is 2.45 bits per heavy atom. The summed E-state index contributed by atoms with van der Waals surface area (Å²) in [7, 11) is 0. The van der Waals surface area contributed by atoms with Crippen LogP contribution in [0.5, 0.6) is 0 Å². The topological polar surface area (TPSA) is 50.2 Å². The van der Waals surface area contributed by atoms with Gasteiger partial charge in [-0.3, -0.25) is 0 Å². The summed E-state index contributed by atoms with van der Waals surface area (Å²) in [4.78, 5) is 14.2. The Kier molecular flexibility index (Phi) is 2.41. The standard InChI is InChI=1S/C6H4BrNO2S/c1-3(6(9)10)5-8-2-4(7)11-5/h2H,1H2,(H,9,10). The maximum absolute atomic E-state index is 10.4. The average Bonchev–Trinajstić information content (AvgIpc) is 2.34. The fraction of sp³-hybridized carbons (Fsp3) is 0. The minimum absolute atomic E-state index is 0.0284. The molecule has 1 aromatic rings. The minimum atomic E-state index is -1.04. The number of aromatic nitrogens is 1. The van der Waals surface area contributed by atoms with Crippen LogP contribution in [0.1, 0.15) is 5.01 Å². The molecular formula is C6H4BrNO2S. The SMILES string of the molecule is C=C(C(=O)O)c1ncc(Br)s1. The Bertz CT molecular complexity index is 307. The van der Waals surface area contributed by atoms with E-state index in [2.05, 4.69) is 27.5 Å². The van der Waals surface area contributed by atoms with Gasteiger partial charge in [0, 0.05) is 0 Å². The number of hydrogen-bond donors (Lipinski definition) is 1. The number of carboxylic acid groups (broad SMARTS) is 1. The number of carbonyl (C=O) groups is 1. The zero-order chi connectivity index (χ0) is 8.43. The van der Waals surface area contributed by atoms with E-state index in [1.54, 1.807) is 6.20 Å². The summed E-state index contributed by atoms with van der Waals surface area (Å²) in [5.41, 5.74) is 0.0284. The molecule has 0 unspecified atom stereocenters. The maximum Gasteiger partial charge on any atom is 0.338 e. The van der Waals surface area contributed by atoms with Gasteiger partial charge < -0.3 is 5.11 Å². The molecule has 5 heteroatoms. The lowest BCUT2D eigenvalue weighted by molar-refractivity contribution is -0.130. The lowest BCUT2D eigenvalue weighted by Gasteiger charge is -1.90. The average molecular weight is 234 g/mol. The minimum Gasteiger partial charge on any atom is -0.478 e. The van der Waals surface area contributed by atoms with Crippen LogP contribution in [0.15, 0.2) is 16.6 Å². The third kappa shape index (κ3) is 1.87. The van der Waals surface area contributed by atoms with Gasteiger partial charge in [0.25, 0.3) is 0 Å². The molecule has 1 N–H and O–H groups in total. The van der Waals surface area contributed by atoms with Crippen molar-refractivity contribution in [1.82, 2.24) is 4.98 Å². The molecule has 0 saturated carbocycles. The van der Waals surface area contributed by atoms with E-state index < -0.39 is 5.97 Å². The molecule has 1 rings (SSSR count). The van der Waals surface area contributed by atoms with Gasteiger partial charge in [0.15, 0.2) is 0 Å². The Morgan fingerprint density at radius 1 is 1.82 bits per heavy atom. The number of thiazole rings is 1. The van der Waals surface area contributed by atoms with E-state index in [9.17, 15) is 4.79 Å². The molecule has 0 radical (unpaired) electrons. The molecule has 58 valence electrons. The van der Waals surface area contributed by atoms with Gasteiger partial charge in [-0.15, -0.1) is 11.3 Å². The zero-order valence-electron chi connectivity index (χ0n) is 5.37. The van der Waals surface area contributed by atoms with Crippen LogP contribution in [0.25, 0.3) is 5.57 Å². The highest BCUT2D eigenvalue weighted by atomic mass is 79.9. The highest BCUT2D eigenvalue weighted by Crippen LogP contribution is 2.23. The number of halogens is 1. The largest absolute Gasteiger partial charge is 0.478 e. The highest BCUT2D eigenvalue weighted by molar-refractivity contribution is 9.11. The lowest BCUT2D eigenvalue weighted by atomic mass is 10.3.